The predicted molar refractivity (Wildman–Crippen MR) is 94.4 cm³/mol. The largest absolute Gasteiger partial charge is 0.356 e. The van der Waals surface area contributed by atoms with Crippen LogP contribution in [-0.4, -0.2) is 29.9 Å². The molecule has 0 radical (unpaired) electrons. The van der Waals surface area contributed by atoms with Gasteiger partial charge in [-0.15, -0.1) is 0 Å². The molecule has 24 heavy (non-hydrogen) atoms. The van der Waals surface area contributed by atoms with Crippen molar-refractivity contribution in [3.8, 4) is 0 Å². The maximum atomic E-state index is 13.0. The number of aromatic nitrogens is 1. The van der Waals surface area contributed by atoms with Crippen LogP contribution in [-0.2, 0) is 4.79 Å². The SMILES string of the molecule is CCCNC(=O)CCN1C(=O)c2cccnc2Sc2ccccc21. The van der Waals surface area contributed by atoms with E-state index < -0.39 is 0 Å². The maximum Gasteiger partial charge on any atom is 0.261 e. The Hall–Kier alpha value is -2.34. The third kappa shape index (κ3) is 3.43. The first-order valence-electron chi connectivity index (χ1n) is 8.01. The molecule has 1 N–H and O–H groups in total. The van der Waals surface area contributed by atoms with Gasteiger partial charge in [0, 0.05) is 30.6 Å². The predicted octanol–water partition coefficient (Wildman–Crippen LogP) is 3.11. The Balaban J connectivity index is 1.89. The number of rotatable bonds is 5. The van der Waals surface area contributed by atoms with E-state index in [0.29, 0.717) is 23.7 Å². The zero-order chi connectivity index (χ0) is 16.9. The molecule has 6 heteroatoms. The number of carbonyl (C=O) groups excluding carboxylic acids is 2. The highest BCUT2D eigenvalue weighted by Gasteiger charge is 2.27. The smallest absolute Gasteiger partial charge is 0.261 e. The Morgan fingerprint density at radius 1 is 1.25 bits per heavy atom. The number of anilines is 1. The molecule has 0 fully saturated rings. The molecule has 1 aromatic carbocycles. The average Bonchev–Trinajstić information content (AvgIpc) is 2.72. The van der Waals surface area contributed by atoms with Crippen LogP contribution in [0.25, 0.3) is 0 Å². The second kappa shape index (κ2) is 7.49. The molecule has 2 aromatic rings. The van der Waals surface area contributed by atoms with Crippen molar-refractivity contribution in [3.05, 3.63) is 48.2 Å². The number of amides is 2. The Morgan fingerprint density at radius 3 is 2.92 bits per heavy atom. The lowest BCUT2D eigenvalue weighted by Crippen LogP contribution is -2.35. The quantitative estimate of drug-likeness (QED) is 0.908. The fourth-order valence-corrected chi connectivity index (χ4v) is 3.57. The summed E-state index contributed by atoms with van der Waals surface area (Å²) in [5.74, 6) is -0.149. The van der Waals surface area contributed by atoms with Crippen molar-refractivity contribution in [2.24, 2.45) is 0 Å². The number of nitrogens with one attached hydrogen (secondary N) is 1. The van der Waals surface area contributed by atoms with Crippen LogP contribution < -0.4 is 10.2 Å². The van der Waals surface area contributed by atoms with Crippen molar-refractivity contribution in [2.75, 3.05) is 18.0 Å². The van der Waals surface area contributed by atoms with Gasteiger partial charge in [0.05, 0.1) is 11.3 Å². The molecule has 0 unspecified atom stereocenters. The molecule has 0 bridgehead atoms. The first-order chi connectivity index (χ1) is 11.7. The van der Waals surface area contributed by atoms with Gasteiger partial charge in [0.25, 0.3) is 5.91 Å². The summed E-state index contributed by atoms with van der Waals surface area (Å²) in [6, 6.07) is 11.3. The summed E-state index contributed by atoms with van der Waals surface area (Å²) < 4.78 is 0. The van der Waals surface area contributed by atoms with Crippen molar-refractivity contribution in [1.29, 1.82) is 0 Å². The number of pyridine rings is 1. The monoisotopic (exact) mass is 341 g/mol. The number of hydrogen-bond donors (Lipinski definition) is 1. The Kier molecular flexibility index (Phi) is 5.15. The zero-order valence-electron chi connectivity index (χ0n) is 13.5. The number of nitrogens with zero attached hydrogens (tertiary/aromatic N) is 2. The summed E-state index contributed by atoms with van der Waals surface area (Å²) in [4.78, 5) is 31.9. The number of benzene rings is 1. The van der Waals surface area contributed by atoms with Gasteiger partial charge in [0.2, 0.25) is 5.91 Å². The zero-order valence-corrected chi connectivity index (χ0v) is 14.3. The van der Waals surface area contributed by atoms with Gasteiger partial charge in [-0.3, -0.25) is 9.59 Å². The highest BCUT2D eigenvalue weighted by Crippen LogP contribution is 2.39. The lowest BCUT2D eigenvalue weighted by Gasteiger charge is -2.22. The van der Waals surface area contributed by atoms with E-state index in [9.17, 15) is 9.59 Å². The van der Waals surface area contributed by atoms with Crippen LogP contribution in [0, 0.1) is 0 Å². The van der Waals surface area contributed by atoms with Crippen LogP contribution in [0.2, 0.25) is 0 Å². The van der Waals surface area contributed by atoms with Gasteiger partial charge in [-0.05, 0) is 30.7 Å². The lowest BCUT2D eigenvalue weighted by molar-refractivity contribution is -0.120. The number of para-hydroxylation sites is 1. The van der Waals surface area contributed by atoms with Gasteiger partial charge in [-0.25, -0.2) is 4.98 Å². The average molecular weight is 341 g/mol. The van der Waals surface area contributed by atoms with E-state index in [2.05, 4.69) is 10.3 Å². The minimum Gasteiger partial charge on any atom is -0.356 e. The van der Waals surface area contributed by atoms with Crippen molar-refractivity contribution in [3.63, 3.8) is 0 Å². The highest BCUT2D eigenvalue weighted by atomic mass is 32.2. The Morgan fingerprint density at radius 2 is 2.08 bits per heavy atom. The molecule has 0 aliphatic carbocycles. The van der Waals surface area contributed by atoms with Crippen LogP contribution in [0.3, 0.4) is 0 Å². The van der Waals surface area contributed by atoms with Gasteiger partial charge >= 0.3 is 0 Å². The molecule has 1 aliphatic rings. The molecule has 3 rings (SSSR count). The summed E-state index contributed by atoms with van der Waals surface area (Å²) in [6.07, 6.45) is 2.86. The van der Waals surface area contributed by atoms with E-state index in [1.807, 2.05) is 31.2 Å². The molecule has 1 aliphatic heterocycles. The number of carbonyl (C=O) groups is 2. The van der Waals surface area contributed by atoms with E-state index in [4.69, 9.17) is 0 Å². The molecule has 0 saturated heterocycles. The van der Waals surface area contributed by atoms with Crippen LogP contribution in [0.5, 0.6) is 0 Å². The lowest BCUT2D eigenvalue weighted by atomic mass is 10.2. The molecule has 5 nitrogen and oxygen atoms in total. The molecule has 2 amide bonds. The molecule has 0 spiro atoms. The van der Waals surface area contributed by atoms with E-state index in [1.54, 1.807) is 23.2 Å². The Labute approximate surface area is 145 Å². The molecular weight excluding hydrogens is 322 g/mol. The Bertz CT molecular complexity index is 763. The molecule has 0 atom stereocenters. The minimum atomic E-state index is -0.112. The van der Waals surface area contributed by atoms with Crippen LogP contribution >= 0.6 is 11.8 Å². The first kappa shape index (κ1) is 16.5. The molecule has 2 heterocycles. The van der Waals surface area contributed by atoms with E-state index in [-0.39, 0.29) is 18.2 Å². The second-order valence-electron chi connectivity index (χ2n) is 5.48. The van der Waals surface area contributed by atoms with Crippen molar-refractivity contribution in [1.82, 2.24) is 10.3 Å². The summed E-state index contributed by atoms with van der Waals surface area (Å²) in [7, 11) is 0. The van der Waals surface area contributed by atoms with Crippen molar-refractivity contribution >= 4 is 29.3 Å². The number of hydrogen-bond acceptors (Lipinski definition) is 4. The molecule has 1 aromatic heterocycles. The molecular formula is C18H19N3O2S. The van der Waals surface area contributed by atoms with Gasteiger partial charge in [-0.1, -0.05) is 30.8 Å². The van der Waals surface area contributed by atoms with Crippen molar-refractivity contribution < 1.29 is 9.59 Å². The topological polar surface area (TPSA) is 62.3 Å². The van der Waals surface area contributed by atoms with Crippen LogP contribution in [0.15, 0.2) is 52.5 Å². The summed E-state index contributed by atoms with van der Waals surface area (Å²) in [5, 5.41) is 3.55. The minimum absolute atomic E-state index is 0.0366. The van der Waals surface area contributed by atoms with Crippen LogP contribution in [0.1, 0.15) is 30.1 Å². The first-order valence-corrected chi connectivity index (χ1v) is 8.83. The fourth-order valence-electron chi connectivity index (χ4n) is 2.55. The van der Waals surface area contributed by atoms with E-state index >= 15 is 0 Å². The maximum absolute atomic E-state index is 13.0. The standard InChI is InChI=1S/C18H19N3O2S/c1-2-10-19-16(22)9-12-21-14-7-3-4-8-15(14)24-17-13(18(21)23)6-5-11-20-17/h3-8,11H,2,9-10,12H2,1H3,(H,19,22). The van der Waals surface area contributed by atoms with Gasteiger partial charge in [0.1, 0.15) is 5.03 Å². The van der Waals surface area contributed by atoms with E-state index in [0.717, 1.165) is 17.0 Å². The summed E-state index contributed by atoms with van der Waals surface area (Å²) >= 11 is 1.48. The van der Waals surface area contributed by atoms with Crippen LogP contribution in [0.4, 0.5) is 5.69 Å². The normalized spacial score (nSPS) is 13.0. The molecule has 124 valence electrons. The van der Waals surface area contributed by atoms with Gasteiger partial charge < -0.3 is 10.2 Å². The summed E-state index contributed by atoms with van der Waals surface area (Å²) in [5.41, 5.74) is 1.40. The summed E-state index contributed by atoms with van der Waals surface area (Å²) in [6.45, 7) is 3.02. The fraction of sp³-hybridized carbons (Fsp3) is 0.278. The van der Waals surface area contributed by atoms with Crippen molar-refractivity contribution in [2.45, 2.75) is 29.7 Å². The number of fused-ring (bicyclic) bond motifs is 2. The van der Waals surface area contributed by atoms with Gasteiger partial charge in [0.15, 0.2) is 0 Å². The molecule has 0 saturated carbocycles. The van der Waals surface area contributed by atoms with E-state index in [1.165, 1.54) is 11.8 Å². The highest BCUT2D eigenvalue weighted by molar-refractivity contribution is 7.99. The second-order valence-corrected chi connectivity index (χ2v) is 6.51. The van der Waals surface area contributed by atoms with Gasteiger partial charge in [-0.2, -0.15) is 0 Å². The third-order valence-corrected chi connectivity index (χ3v) is 4.83. The third-order valence-electron chi connectivity index (χ3n) is 3.74.